The fourth-order valence-corrected chi connectivity index (χ4v) is 5.61. The van der Waals surface area contributed by atoms with E-state index in [0.717, 1.165) is 11.3 Å². The molecule has 0 saturated carbocycles. The summed E-state index contributed by atoms with van der Waals surface area (Å²) in [5.74, 6) is 0.162. The lowest BCUT2D eigenvalue weighted by molar-refractivity contribution is 0.0988. The Balaban J connectivity index is 1.57. The first-order valence-corrected chi connectivity index (χ1v) is 13.2. The molecule has 0 atom stereocenters. The number of nitrogens with one attached hydrogen (secondary N) is 2. The first-order valence-electron chi connectivity index (χ1n) is 11.7. The van der Waals surface area contributed by atoms with Gasteiger partial charge in [0.25, 0.3) is 11.8 Å². The molecular weight excluding hydrogens is 494 g/mol. The van der Waals surface area contributed by atoms with E-state index in [2.05, 4.69) is 10.0 Å². The average molecular weight is 524 g/mol. The SMILES string of the molecule is COc1ccc(C(=O)N2CCc3ccc(NC(=O)c4ccc(OC)c(S(=O)(=O)NC(C)C)c4)cc32)cc1. The second-order valence-electron chi connectivity index (χ2n) is 8.87. The van der Waals surface area contributed by atoms with Crippen molar-refractivity contribution in [1.29, 1.82) is 0 Å². The molecular formula is C27H29N3O6S. The van der Waals surface area contributed by atoms with Crippen LogP contribution in [0, 0.1) is 0 Å². The molecule has 1 heterocycles. The predicted octanol–water partition coefficient (Wildman–Crippen LogP) is 3.85. The molecule has 1 aliphatic heterocycles. The van der Waals surface area contributed by atoms with Gasteiger partial charge in [-0.05, 0) is 80.4 Å². The molecule has 0 saturated heterocycles. The van der Waals surface area contributed by atoms with Crippen molar-refractivity contribution in [3.8, 4) is 11.5 Å². The van der Waals surface area contributed by atoms with Gasteiger partial charge in [0.05, 0.1) is 14.2 Å². The highest BCUT2D eigenvalue weighted by Gasteiger charge is 2.27. The van der Waals surface area contributed by atoms with Crippen molar-refractivity contribution in [2.45, 2.75) is 31.2 Å². The third kappa shape index (κ3) is 5.60. The molecule has 194 valence electrons. The maximum Gasteiger partial charge on any atom is 0.258 e. The van der Waals surface area contributed by atoms with Crippen molar-refractivity contribution >= 4 is 33.2 Å². The molecule has 0 spiro atoms. The molecule has 0 aliphatic carbocycles. The second-order valence-corrected chi connectivity index (χ2v) is 10.6. The van der Waals surface area contributed by atoms with Crippen LogP contribution in [0.4, 0.5) is 11.4 Å². The summed E-state index contributed by atoms with van der Waals surface area (Å²) in [4.78, 5) is 27.8. The molecule has 4 rings (SSSR count). The standard InChI is InChI=1S/C27H29N3O6S/c1-17(2)29-37(33,34)25-15-20(8-12-24(25)36-4)26(31)28-21-9-5-18-13-14-30(23(18)16-21)27(32)19-6-10-22(35-3)11-7-19/h5-12,15-17,29H,13-14H2,1-4H3,(H,28,31). The molecule has 3 aromatic rings. The Morgan fingerprint density at radius 2 is 1.62 bits per heavy atom. The average Bonchev–Trinajstić information content (AvgIpc) is 3.30. The second kappa shape index (κ2) is 10.6. The Hall–Kier alpha value is -3.89. The lowest BCUT2D eigenvalue weighted by Gasteiger charge is -2.18. The molecule has 0 aromatic heterocycles. The number of hydrogen-bond donors (Lipinski definition) is 2. The van der Waals surface area contributed by atoms with Crippen LogP contribution in [0.15, 0.2) is 65.6 Å². The Bertz CT molecular complexity index is 1430. The smallest absolute Gasteiger partial charge is 0.258 e. The van der Waals surface area contributed by atoms with Gasteiger partial charge in [-0.15, -0.1) is 0 Å². The summed E-state index contributed by atoms with van der Waals surface area (Å²) in [6, 6.07) is 16.2. The summed E-state index contributed by atoms with van der Waals surface area (Å²) >= 11 is 0. The van der Waals surface area contributed by atoms with Gasteiger partial charge >= 0.3 is 0 Å². The minimum atomic E-state index is -3.89. The van der Waals surface area contributed by atoms with E-state index < -0.39 is 15.9 Å². The number of hydrogen-bond acceptors (Lipinski definition) is 6. The van der Waals surface area contributed by atoms with Crippen LogP contribution in [0.2, 0.25) is 0 Å². The third-order valence-corrected chi connectivity index (χ3v) is 7.61. The number of carbonyl (C=O) groups is 2. The van der Waals surface area contributed by atoms with Crippen LogP contribution < -0.4 is 24.4 Å². The third-order valence-electron chi connectivity index (χ3n) is 5.93. The number of sulfonamides is 1. The highest BCUT2D eigenvalue weighted by Crippen LogP contribution is 2.33. The molecule has 3 aromatic carbocycles. The minimum absolute atomic E-state index is 0.124. The summed E-state index contributed by atoms with van der Waals surface area (Å²) in [5, 5.41) is 2.81. The monoisotopic (exact) mass is 523 g/mol. The van der Waals surface area contributed by atoms with Crippen LogP contribution in [0.25, 0.3) is 0 Å². The number of carbonyl (C=O) groups excluding carboxylic acids is 2. The van der Waals surface area contributed by atoms with E-state index in [1.165, 1.54) is 25.3 Å². The van der Waals surface area contributed by atoms with Crippen LogP contribution in [-0.4, -0.2) is 47.0 Å². The van der Waals surface area contributed by atoms with Gasteiger partial charge in [0.1, 0.15) is 16.4 Å². The molecule has 2 N–H and O–H groups in total. The first kappa shape index (κ1) is 26.2. The number of rotatable bonds is 8. The molecule has 0 radical (unpaired) electrons. The normalized spacial score (nSPS) is 12.8. The van der Waals surface area contributed by atoms with E-state index in [9.17, 15) is 18.0 Å². The Kier molecular flexibility index (Phi) is 7.51. The van der Waals surface area contributed by atoms with Crippen LogP contribution in [-0.2, 0) is 16.4 Å². The summed E-state index contributed by atoms with van der Waals surface area (Å²) in [6.45, 7) is 3.94. The molecule has 0 bridgehead atoms. The van der Waals surface area contributed by atoms with E-state index in [-0.39, 0.29) is 28.2 Å². The zero-order valence-corrected chi connectivity index (χ0v) is 21.9. The lowest BCUT2D eigenvalue weighted by Crippen LogP contribution is -2.30. The first-order chi connectivity index (χ1) is 17.6. The number of fused-ring (bicyclic) bond motifs is 1. The van der Waals surface area contributed by atoms with Crippen LogP contribution >= 0.6 is 0 Å². The molecule has 1 aliphatic rings. The molecule has 10 heteroatoms. The Morgan fingerprint density at radius 1 is 0.919 bits per heavy atom. The van der Waals surface area contributed by atoms with Crippen molar-refractivity contribution in [1.82, 2.24) is 4.72 Å². The lowest BCUT2D eigenvalue weighted by atomic mass is 10.1. The quantitative estimate of drug-likeness (QED) is 0.464. The van der Waals surface area contributed by atoms with E-state index in [1.54, 1.807) is 62.3 Å². The van der Waals surface area contributed by atoms with Crippen molar-refractivity contribution in [3.63, 3.8) is 0 Å². The predicted molar refractivity (Wildman–Crippen MR) is 141 cm³/mol. The van der Waals surface area contributed by atoms with Gasteiger partial charge in [0.2, 0.25) is 10.0 Å². The topological polar surface area (TPSA) is 114 Å². The van der Waals surface area contributed by atoms with E-state index >= 15 is 0 Å². The van der Waals surface area contributed by atoms with Gasteiger partial charge in [-0.2, -0.15) is 0 Å². The van der Waals surface area contributed by atoms with Crippen LogP contribution in [0.1, 0.15) is 40.1 Å². The summed E-state index contributed by atoms with van der Waals surface area (Å²) in [7, 11) is -0.959. The summed E-state index contributed by atoms with van der Waals surface area (Å²) in [6.07, 6.45) is 0.702. The van der Waals surface area contributed by atoms with E-state index in [4.69, 9.17) is 9.47 Å². The van der Waals surface area contributed by atoms with Crippen LogP contribution in [0.5, 0.6) is 11.5 Å². The number of nitrogens with zero attached hydrogens (tertiary/aromatic N) is 1. The van der Waals surface area contributed by atoms with Crippen molar-refractivity contribution in [2.24, 2.45) is 0 Å². The number of amides is 2. The Morgan fingerprint density at radius 3 is 2.27 bits per heavy atom. The largest absolute Gasteiger partial charge is 0.497 e. The zero-order chi connectivity index (χ0) is 26.7. The highest BCUT2D eigenvalue weighted by atomic mass is 32.2. The molecule has 2 amide bonds. The van der Waals surface area contributed by atoms with Gasteiger partial charge in [-0.3, -0.25) is 9.59 Å². The van der Waals surface area contributed by atoms with E-state index in [0.29, 0.717) is 30.0 Å². The number of anilines is 2. The van der Waals surface area contributed by atoms with Gasteiger partial charge in [0, 0.05) is 35.1 Å². The fourth-order valence-electron chi connectivity index (χ4n) is 4.16. The summed E-state index contributed by atoms with van der Waals surface area (Å²) in [5.41, 5.74) is 2.88. The molecule has 37 heavy (non-hydrogen) atoms. The maximum atomic E-state index is 13.2. The van der Waals surface area contributed by atoms with Crippen molar-refractivity contribution in [3.05, 3.63) is 77.4 Å². The van der Waals surface area contributed by atoms with Gasteiger partial charge in [0.15, 0.2) is 0 Å². The molecule has 0 fully saturated rings. The zero-order valence-electron chi connectivity index (χ0n) is 21.1. The number of methoxy groups -OCH3 is 2. The van der Waals surface area contributed by atoms with Gasteiger partial charge in [-0.1, -0.05) is 6.07 Å². The maximum absolute atomic E-state index is 13.2. The molecule has 0 unspecified atom stereocenters. The number of benzene rings is 3. The fraction of sp³-hybridized carbons (Fsp3) is 0.259. The highest BCUT2D eigenvalue weighted by molar-refractivity contribution is 7.89. The van der Waals surface area contributed by atoms with Gasteiger partial charge in [-0.25, -0.2) is 13.1 Å². The minimum Gasteiger partial charge on any atom is -0.497 e. The van der Waals surface area contributed by atoms with Crippen molar-refractivity contribution < 1.29 is 27.5 Å². The van der Waals surface area contributed by atoms with E-state index in [1.807, 2.05) is 6.07 Å². The summed E-state index contributed by atoms with van der Waals surface area (Å²) < 4.78 is 38.4. The van der Waals surface area contributed by atoms with Crippen molar-refractivity contribution in [2.75, 3.05) is 31.0 Å². The van der Waals surface area contributed by atoms with Gasteiger partial charge < -0.3 is 19.7 Å². The van der Waals surface area contributed by atoms with Crippen LogP contribution in [0.3, 0.4) is 0 Å². The molecule has 9 nitrogen and oxygen atoms in total. The number of ether oxygens (including phenoxy) is 2. The Labute approximate surface area is 216 Å².